The van der Waals surface area contributed by atoms with Crippen molar-refractivity contribution in [3.05, 3.63) is 11.5 Å². The van der Waals surface area contributed by atoms with Crippen LogP contribution >= 0.6 is 0 Å². The Bertz CT molecular complexity index is 243. The topological polar surface area (TPSA) is 107 Å². The average Bonchev–Trinajstić information content (AvgIpc) is 2.32. The Hall–Kier alpha value is 1.73. The van der Waals surface area contributed by atoms with Gasteiger partial charge in [-0.2, -0.15) is 0 Å². The Kier molecular flexibility index (Phi) is 14.2. The summed E-state index contributed by atoms with van der Waals surface area (Å²) in [5.41, 5.74) is 0. The first-order valence-electron chi connectivity index (χ1n) is 3.20. The number of carbonyl (C=O) groups is 1. The monoisotopic (exact) mass is 248 g/mol. The third-order valence-electron chi connectivity index (χ3n) is 1.48. The first-order chi connectivity index (χ1) is 5.57. The van der Waals surface area contributed by atoms with Crippen molar-refractivity contribution in [2.75, 3.05) is 6.61 Å². The number of aliphatic hydroxyl groups excluding tert-OH is 4. The molecule has 2 atom stereocenters. The Morgan fingerprint density at radius 3 is 2.00 bits per heavy atom. The summed E-state index contributed by atoms with van der Waals surface area (Å²) in [6.07, 6.45) is -2.78. The summed E-state index contributed by atoms with van der Waals surface area (Å²) in [5.74, 6) is -2.78. The average molecular weight is 248 g/mol. The summed E-state index contributed by atoms with van der Waals surface area (Å²) >= 11 is 0. The van der Waals surface area contributed by atoms with E-state index in [2.05, 4.69) is 4.74 Å². The van der Waals surface area contributed by atoms with Gasteiger partial charge in [0.05, 0.1) is 6.61 Å². The molecule has 0 bridgehead atoms. The second-order valence-electron chi connectivity index (χ2n) is 2.31. The van der Waals surface area contributed by atoms with Crippen LogP contribution in [0.1, 0.15) is 0 Å². The number of hydrogen-bond acceptors (Lipinski definition) is 6. The quantitative estimate of drug-likeness (QED) is 0.300. The van der Waals surface area contributed by atoms with Gasteiger partial charge in [-0.25, -0.2) is 4.79 Å². The van der Waals surface area contributed by atoms with Gasteiger partial charge in [0.2, 0.25) is 5.76 Å². The molecule has 0 unspecified atom stereocenters. The van der Waals surface area contributed by atoms with Crippen LogP contribution < -0.4 is 0 Å². The van der Waals surface area contributed by atoms with Crippen LogP contribution in [0.4, 0.5) is 0 Å². The second kappa shape index (κ2) is 9.73. The predicted molar refractivity (Wildman–Crippen MR) is 56.7 cm³/mol. The molecule has 0 aromatic carbocycles. The van der Waals surface area contributed by atoms with Gasteiger partial charge in [0.15, 0.2) is 11.9 Å². The van der Waals surface area contributed by atoms with Crippen molar-refractivity contribution < 1.29 is 30.0 Å². The van der Waals surface area contributed by atoms with E-state index in [9.17, 15) is 4.79 Å². The Morgan fingerprint density at radius 1 is 1.27 bits per heavy atom. The van der Waals surface area contributed by atoms with Crippen molar-refractivity contribution in [2.45, 2.75) is 12.2 Å². The van der Waals surface area contributed by atoms with Crippen LogP contribution in [0.5, 0.6) is 0 Å². The van der Waals surface area contributed by atoms with Gasteiger partial charge in [0.1, 0.15) is 6.10 Å². The van der Waals surface area contributed by atoms with Crippen molar-refractivity contribution in [3.63, 3.8) is 0 Å². The van der Waals surface area contributed by atoms with E-state index in [4.69, 9.17) is 20.4 Å². The van der Waals surface area contributed by atoms with Crippen molar-refractivity contribution >= 4 is 94.6 Å². The molecule has 0 aromatic heterocycles. The summed E-state index contributed by atoms with van der Waals surface area (Å²) < 4.78 is 4.32. The first kappa shape index (κ1) is 22.0. The zero-order valence-corrected chi connectivity index (χ0v) is 5.97. The maximum atomic E-state index is 10.5. The third-order valence-corrected chi connectivity index (χ3v) is 1.48. The van der Waals surface area contributed by atoms with Crippen LogP contribution in [0.2, 0.25) is 0 Å². The Labute approximate surface area is 153 Å². The molecule has 6 nitrogen and oxygen atoms in total. The van der Waals surface area contributed by atoms with Crippen molar-refractivity contribution in [2.24, 2.45) is 0 Å². The second-order valence-corrected chi connectivity index (χ2v) is 2.31. The molecule has 4 N–H and O–H groups in total. The Morgan fingerprint density at radius 2 is 1.73 bits per heavy atom. The van der Waals surface area contributed by atoms with E-state index < -0.39 is 36.3 Å². The summed E-state index contributed by atoms with van der Waals surface area (Å²) in [7, 11) is 0. The molecule has 1 aliphatic heterocycles. The molecule has 0 saturated carbocycles. The number of cyclic esters (lactones) is 1. The molecule has 0 fully saturated rings. The maximum absolute atomic E-state index is 10.5. The van der Waals surface area contributed by atoms with Crippen LogP contribution in [0.15, 0.2) is 11.5 Å². The molecule has 0 amide bonds. The van der Waals surface area contributed by atoms with Crippen LogP contribution in [-0.4, -0.2) is 134 Å². The molecule has 0 aliphatic carbocycles. The molecular weight excluding hydrogens is 237 g/mol. The van der Waals surface area contributed by atoms with Gasteiger partial charge < -0.3 is 25.2 Å². The van der Waals surface area contributed by atoms with Gasteiger partial charge >= 0.3 is 94.6 Å². The van der Waals surface area contributed by atoms with Gasteiger partial charge in [0, 0.05) is 0 Å². The molecule has 0 aromatic rings. The van der Waals surface area contributed by atoms with Crippen LogP contribution in [0, 0.1) is 0 Å². The number of esters is 1. The predicted octanol–water partition coefficient (Wildman–Crippen LogP) is -3.35. The Balaban J connectivity index is -0.000000480. The molecule has 1 aliphatic rings. The van der Waals surface area contributed by atoms with E-state index >= 15 is 0 Å². The zero-order valence-electron chi connectivity index (χ0n) is 5.97. The molecule has 1 rings (SSSR count). The normalized spacial score (nSPS) is 20.7. The van der Waals surface area contributed by atoms with Gasteiger partial charge in [-0.3, -0.25) is 0 Å². The number of rotatable bonds is 2. The fourth-order valence-electron chi connectivity index (χ4n) is 0.823. The molecule has 74 valence electrons. The fraction of sp³-hybridized carbons (Fsp3) is 0.500. The molecule has 0 radical (unpaired) electrons. The molecule has 9 heteroatoms. The molecule has 15 heavy (non-hydrogen) atoms. The summed E-state index contributed by atoms with van der Waals surface area (Å²) in [6, 6.07) is 0. The van der Waals surface area contributed by atoms with Gasteiger partial charge in [-0.05, 0) is 0 Å². The molecule has 0 saturated heterocycles. The van der Waals surface area contributed by atoms with Crippen LogP contribution in [-0.2, 0) is 9.53 Å². The van der Waals surface area contributed by atoms with Gasteiger partial charge in [-0.15, -0.1) is 0 Å². The van der Waals surface area contributed by atoms with E-state index in [1.54, 1.807) is 0 Å². The van der Waals surface area contributed by atoms with Gasteiger partial charge in [-0.1, -0.05) is 0 Å². The SMILES string of the molecule is O=C1O[C@H]([C@@H](O)CO)C(O)=C1O.[NaH].[NaH].[NaH]. The molecule has 1 heterocycles. The number of ether oxygens (including phenoxy) is 1. The number of carbonyl (C=O) groups excluding carboxylic acids is 1. The molecular formula is C6H11Na3O6. The zero-order chi connectivity index (χ0) is 9.30. The number of aliphatic hydroxyl groups is 4. The van der Waals surface area contributed by atoms with Crippen molar-refractivity contribution in [1.29, 1.82) is 0 Å². The van der Waals surface area contributed by atoms with E-state index in [0.29, 0.717) is 0 Å². The van der Waals surface area contributed by atoms with Crippen LogP contribution in [0.25, 0.3) is 0 Å². The van der Waals surface area contributed by atoms with Gasteiger partial charge in [0.25, 0.3) is 0 Å². The van der Waals surface area contributed by atoms with E-state index in [0.717, 1.165) is 0 Å². The minimum atomic E-state index is -1.42. The standard InChI is InChI=1S/C6H8O6.3Na.3H/c7-1-2(8)5-3(9)4(10)6(11)12-5;;;;;;/h2,5,7-10H,1H2;;;;;;/t2-,5+;;;;;;/m0....../s1. The summed E-state index contributed by atoms with van der Waals surface area (Å²) in [5, 5.41) is 35.0. The minimum absolute atomic E-state index is 0. The van der Waals surface area contributed by atoms with E-state index in [1.807, 2.05) is 0 Å². The summed E-state index contributed by atoms with van der Waals surface area (Å²) in [6.45, 7) is -0.671. The van der Waals surface area contributed by atoms with E-state index in [1.165, 1.54) is 0 Å². The third kappa shape index (κ3) is 5.27. The van der Waals surface area contributed by atoms with Crippen molar-refractivity contribution in [1.82, 2.24) is 0 Å². The fourth-order valence-corrected chi connectivity index (χ4v) is 0.823. The van der Waals surface area contributed by atoms with Crippen LogP contribution in [0.3, 0.4) is 0 Å². The van der Waals surface area contributed by atoms with E-state index in [-0.39, 0.29) is 88.7 Å². The first-order valence-corrected chi connectivity index (χ1v) is 3.20. The summed E-state index contributed by atoms with van der Waals surface area (Å²) in [4.78, 5) is 10.5. The molecule has 0 spiro atoms. The number of hydrogen-bond donors (Lipinski definition) is 4. The van der Waals surface area contributed by atoms with Crippen molar-refractivity contribution in [3.8, 4) is 0 Å².